The van der Waals surface area contributed by atoms with Gasteiger partial charge in [0, 0.05) is 53.1 Å². The summed E-state index contributed by atoms with van der Waals surface area (Å²) in [5, 5.41) is 10.8. The van der Waals surface area contributed by atoms with Gasteiger partial charge in [-0.15, -0.1) is 0 Å². The average molecular weight is 438 g/mol. The van der Waals surface area contributed by atoms with Gasteiger partial charge in [-0.1, -0.05) is 23.2 Å². The molecule has 1 unspecified atom stereocenters. The second-order valence-electron chi connectivity index (χ2n) is 7.85. The molecular weight excluding hydrogens is 409 g/mol. The van der Waals surface area contributed by atoms with Crippen molar-refractivity contribution in [2.24, 2.45) is 16.6 Å². The number of nitrogens with zero attached hydrogens (tertiary/aromatic N) is 2. The second-order valence-corrected chi connectivity index (χ2v) is 8.67. The number of aliphatic hydroxyl groups is 1. The van der Waals surface area contributed by atoms with Crippen molar-refractivity contribution in [3.8, 4) is 0 Å². The highest BCUT2D eigenvalue weighted by molar-refractivity contribution is 6.36. The van der Waals surface area contributed by atoms with Gasteiger partial charge in [0.15, 0.2) is 0 Å². The van der Waals surface area contributed by atoms with Gasteiger partial charge in [-0.05, 0) is 68.7 Å². The third kappa shape index (κ3) is 5.14. The summed E-state index contributed by atoms with van der Waals surface area (Å²) in [5.41, 5.74) is 8.09. The van der Waals surface area contributed by atoms with Crippen LogP contribution in [0.1, 0.15) is 50.2 Å². The zero-order valence-electron chi connectivity index (χ0n) is 16.8. The lowest BCUT2D eigenvalue weighted by atomic mass is 9.92. The van der Waals surface area contributed by atoms with Crippen molar-refractivity contribution in [2.75, 3.05) is 13.1 Å². The van der Waals surface area contributed by atoms with E-state index >= 15 is 0 Å². The lowest BCUT2D eigenvalue weighted by molar-refractivity contribution is -0.133. The molecule has 29 heavy (non-hydrogen) atoms. The molecule has 1 heterocycles. The van der Waals surface area contributed by atoms with Gasteiger partial charge in [0.1, 0.15) is 0 Å². The maximum Gasteiger partial charge on any atom is 0.226 e. The van der Waals surface area contributed by atoms with Crippen LogP contribution >= 0.6 is 23.2 Å². The first-order chi connectivity index (χ1) is 13.9. The number of hydrogen-bond donors (Lipinski definition) is 2. The van der Waals surface area contributed by atoms with E-state index in [0.717, 1.165) is 55.3 Å². The molecule has 2 aliphatic rings. The first kappa shape index (κ1) is 22.1. The third-order valence-electron chi connectivity index (χ3n) is 5.98. The van der Waals surface area contributed by atoms with Crippen LogP contribution in [0.2, 0.25) is 10.0 Å². The van der Waals surface area contributed by atoms with Crippen molar-refractivity contribution >= 4 is 40.9 Å². The Balaban J connectivity index is 1.72. The summed E-state index contributed by atoms with van der Waals surface area (Å²) >= 11 is 13.1. The smallest absolute Gasteiger partial charge is 0.226 e. The Morgan fingerprint density at radius 2 is 1.90 bits per heavy atom. The molecule has 1 saturated heterocycles. The monoisotopic (exact) mass is 437 g/mol. The van der Waals surface area contributed by atoms with Crippen LogP contribution in [0.15, 0.2) is 23.3 Å². The maximum absolute atomic E-state index is 13.0. The molecule has 1 saturated carbocycles. The standard InChI is InChI=1S/C22H29Cl2N3O2/c1-2-26-13-16(12-25)15-10-20(23)19(21(24)11-15)9-14-7-8-27(22(14)29)17-3-5-18(28)6-4-17/h10-14,17-18,28H,2-9,25H2,1H3. The maximum atomic E-state index is 13.0. The van der Waals surface area contributed by atoms with Gasteiger partial charge in [-0.2, -0.15) is 0 Å². The molecule has 1 aliphatic carbocycles. The van der Waals surface area contributed by atoms with Crippen LogP contribution in [0.5, 0.6) is 0 Å². The Kier molecular flexibility index (Phi) is 7.60. The molecule has 1 atom stereocenters. The minimum absolute atomic E-state index is 0.103. The average Bonchev–Trinajstić information content (AvgIpc) is 3.06. The number of aliphatic hydroxyl groups excluding tert-OH is 1. The molecule has 0 radical (unpaired) electrons. The highest BCUT2D eigenvalue weighted by atomic mass is 35.5. The summed E-state index contributed by atoms with van der Waals surface area (Å²) in [6, 6.07) is 3.92. The van der Waals surface area contributed by atoms with Crippen LogP contribution < -0.4 is 5.73 Å². The molecule has 158 valence electrons. The number of carbonyl (C=O) groups excluding carboxylic acids is 1. The summed E-state index contributed by atoms with van der Waals surface area (Å²) in [6.45, 7) is 3.38. The van der Waals surface area contributed by atoms with Crippen LogP contribution in [0.4, 0.5) is 0 Å². The van der Waals surface area contributed by atoms with E-state index in [4.69, 9.17) is 28.9 Å². The first-order valence-electron chi connectivity index (χ1n) is 10.3. The number of benzene rings is 1. The Hall–Kier alpha value is -1.56. The normalized spacial score (nSPS) is 25.9. The molecule has 0 spiro atoms. The predicted molar refractivity (Wildman–Crippen MR) is 119 cm³/mol. The fourth-order valence-electron chi connectivity index (χ4n) is 4.30. The summed E-state index contributed by atoms with van der Waals surface area (Å²) < 4.78 is 0. The van der Waals surface area contributed by atoms with Gasteiger partial charge >= 0.3 is 0 Å². The number of amides is 1. The minimum Gasteiger partial charge on any atom is -0.404 e. The van der Waals surface area contributed by atoms with Crippen molar-refractivity contribution < 1.29 is 9.90 Å². The van der Waals surface area contributed by atoms with Crippen molar-refractivity contribution in [3.63, 3.8) is 0 Å². The lowest BCUT2D eigenvalue weighted by Crippen LogP contribution is -2.41. The zero-order chi connectivity index (χ0) is 21.0. The highest BCUT2D eigenvalue weighted by Gasteiger charge is 2.37. The number of rotatable bonds is 6. The van der Waals surface area contributed by atoms with Gasteiger partial charge in [0.2, 0.25) is 5.91 Å². The van der Waals surface area contributed by atoms with E-state index in [1.165, 1.54) is 6.20 Å². The number of nitrogens with two attached hydrogens (primary N) is 1. The van der Waals surface area contributed by atoms with E-state index in [2.05, 4.69) is 4.99 Å². The van der Waals surface area contributed by atoms with E-state index in [1.54, 1.807) is 6.21 Å². The van der Waals surface area contributed by atoms with Crippen LogP contribution in [0.25, 0.3) is 5.57 Å². The molecule has 1 aromatic carbocycles. The number of carbonyl (C=O) groups is 1. The summed E-state index contributed by atoms with van der Waals surface area (Å²) in [7, 11) is 0. The molecule has 0 aromatic heterocycles. The fourth-order valence-corrected chi connectivity index (χ4v) is 4.94. The highest BCUT2D eigenvalue weighted by Crippen LogP contribution is 2.35. The number of allylic oxidation sites excluding steroid dienone is 1. The fraction of sp³-hybridized carbons (Fsp3) is 0.545. The van der Waals surface area contributed by atoms with Crippen LogP contribution in [-0.2, 0) is 11.2 Å². The zero-order valence-corrected chi connectivity index (χ0v) is 18.3. The molecule has 1 amide bonds. The number of halogens is 2. The van der Waals surface area contributed by atoms with E-state index in [1.807, 2.05) is 24.0 Å². The van der Waals surface area contributed by atoms with Gasteiger partial charge in [0.25, 0.3) is 0 Å². The largest absolute Gasteiger partial charge is 0.404 e. The summed E-state index contributed by atoms with van der Waals surface area (Å²) in [4.78, 5) is 19.2. The molecule has 5 nitrogen and oxygen atoms in total. The van der Waals surface area contributed by atoms with Crippen LogP contribution in [-0.4, -0.2) is 47.4 Å². The molecule has 3 N–H and O–H groups in total. The Bertz CT molecular complexity index is 778. The number of likely N-dealkylation sites (tertiary alicyclic amines) is 1. The van der Waals surface area contributed by atoms with Crippen LogP contribution in [0.3, 0.4) is 0 Å². The molecule has 3 rings (SSSR count). The topological polar surface area (TPSA) is 78.9 Å². The van der Waals surface area contributed by atoms with Crippen molar-refractivity contribution in [3.05, 3.63) is 39.5 Å². The van der Waals surface area contributed by atoms with Gasteiger partial charge in [-0.25, -0.2) is 0 Å². The molecule has 0 bridgehead atoms. The van der Waals surface area contributed by atoms with Crippen molar-refractivity contribution in [1.82, 2.24) is 4.90 Å². The molecule has 1 aliphatic heterocycles. The predicted octanol–water partition coefficient (Wildman–Crippen LogP) is 4.08. The Morgan fingerprint density at radius 3 is 2.48 bits per heavy atom. The number of hydrogen-bond acceptors (Lipinski definition) is 4. The van der Waals surface area contributed by atoms with E-state index in [0.29, 0.717) is 23.0 Å². The molecule has 2 fully saturated rings. The van der Waals surface area contributed by atoms with Crippen molar-refractivity contribution in [1.29, 1.82) is 0 Å². The molecular formula is C22H29Cl2N3O2. The first-order valence-corrected chi connectivity index (χ1v) is 11.1. The Morgan fingerprint density at radius 1 is 1.24 bits per heavy atom. The Labute approximate surface area is 182 Å². The van der Waals surface area contributed by atoms with Crippen molar-refractivity contribution in [2.45, 2.75) is 57.6 Å². The SMILES string of the molecule is CCN=CC(=CN)c1cc(Cl)c(CC2CCN(C3CCC(O)CC3)C2=O)c(Cl)c1. The molecule has 7 heteroatoms. The second kappa shape index (κ2) is 9.96. The lowest BCUT2D eigenvalue weighted by Gasteiger charge is -2.33. The quantitative estimate of drug-likeness (QED) is 0.657. The van der Waals surface area contributed by atoms with E-state index in [9.17, 15) is 9.90 Å². The summed E-state index contributed by atoms with van der Waals surface area (Å²) in [6.07, 6.45) is 7.63. The van der Waals surface area contributed by atoms with Gasteiger partial charge < -0.3 is 15.7 Å². The van der Waals surface area contributed by atoms with E-state index in [-0.39, 0.29) is 24.0 Å². The minimum atomic E-state index is -0.217. The third-order valence-corrected chi connectivity index (χ3v) is 6.65. The van der Waals surface area contributed by atoms with E-state index < -0.39 is 0 Å². The van der Waals surface area contributed by atoms with Gasteiger partial charge in [0.05, 0.1) is 6.10 Å². The molecule has 1 aromatic rings. The van der Waals surface area contributed by atoms with Crippen LogP contribution in [0, 0.1) is 5.92 Å². The number of aliphatic imine (C=N–C) groups is 1. The summed E-state index contributed by atoms with van der Waals surface area (Å²) in [5.74, 6) is 0.0779. The van der Waals surface area contributed by atoms with Gasteiger partial charge in [-0.3, -0.25) is 9.79 Å².